The zero-order valence-electron chi connectivity index (χ0n) is 7.79. The average Bonchev–Trinajstić information content (AvgIpc) is 2.03. The van der Waals surface area contributed by atoms with E-state index < -0.39 is 11.6 Å². The number of carboxylic acid groups (broad SMARTS) is 1. The van der Waals surface area contributed by atoms with E-state index in [2.05, 4.69) is 6.58 Å². The zero-order valence-corrected chi connectivity index (χ0v) is 7.79. The van der Waals surface area contributed by atoms with Gasteiger partial charge in [-0.25, -0.2) is 4.79 Å². The topological polar surface area (TPSA) is 77.8 Å². The molecule has 0 aliphatic carbocycles. The van der Waals surface area contributed by atoms with E-state index in [9.17, 15) is 9.90 Å². The Bertz CT molecular complexity index is 192. The van der Waals surface area contributed by atoms with Crippen LogP contribution in [0.1, 0.15) is 26.2 Å². The number of carboxylic acids is 1. The zero-order chi connectivity index (χ0) is 10.5. The smallest absolute Gasteiger partial charge is 0.333 e. The van der Waals surface area contributed by atoms with Crippen LogP contribution in [0.3, 0.4) is 0 Å². The lowest BCUT2D eigenvalue weighted by molar-refractivity contribution is -0.135. The number of rotatable bonds is 6. The first-order valence-electron chi connectivity index (χ1n) is 4.24. The van der Waals surface area contributed by atoms with E-state index in [-0.39, 0.29) is 18.6 Å². The highest BCUT2D eigenvalue weighted by molar-refractivity contribution is 5.88. The fraction of sp³-hybridized carbons (Fsp3) is 0.667. The van der Waals surface area contributed by atoms with E-state index in [1.54, 1.807) is 0 Å². The second kappa shape index (κ2) is 4.99. The Morgan fingerprint density at radius 2 is 2.00 bits per heavy atom. The van der Waals surface area contributed by atoms with E-state index in [0.717, 1.165) is 0 Å². The Morgan fingerprint density at radius 3 is 2.31 bits per heavy atom. The van der Waals surface area contributed by atoms with Crippen molar-refractivity contribution >= 4 is 5.97 Å². The fourth-order valence-corrected chi connectivity index (χ4v) is 1.22. The molecule has 0 amide bonds. The molecule has 1 unspecified atom stereocenters. The Labute approximate surface area is 77.5 Å². The molecule has 0 fully saturated rings. The van der Waals surface area contributed by atoms with Crippen molar-refractivity contribution < 1.29 is 20.1 Å². The lowest BCUT2D eigenvalue weighted by atomic mass is 9.87. The van der Waals surface area contributed by atoms with Gasteiger partial charge in [0.2, 0.25) is 0 Å². The second-order valence-electron chi connectivity index (χ2n) is 3.04. The highest BCUT2D eigenvalue weighted by Gasteiger charge is 2.32. The molecule has 0 rings (SSSR count). The molecule has 4 nitrogen and oxygen atoms in total. The van der Waals surface area contributed by atoms with Crippen LogP contribution < -0.4 is 0 Å². The highest BCUT2D eigenvalue weighted by Crippen LogP contribution is 2.25. The maximum atomic E-state index is 10.6. The van der Waals surface area contributed by atoms with Gasteiger partial charge in [-0.3, -0.25) is 0 Å². The Hall–Kier alpha value is -0.870. The molecule has 3 N–H and O–H groups in total. The second-order valence-corrected chi connectivity index (χ2v) is 3.04. The van der Waals surface area contributed by atoms with Crippen molar-refractivity contribution in [2.24, 2.45) is 0 Å². The molecule has 0 heterocycles. The van der Waals surface area contributed by atoms with Crippen molar-refractivity contribution in [3.05, 3.63) is 12.2 Å². The number of hydrogen-bond acceptors (Lipinski definition) is 3. The molecule has 0 aromatic carbocycles. The molecule has 1 atom stereocenters. The van der Waals surface area contributed by atoms with Crippen molar-refractivity contribution in [2.75, 3.05) is 6.61 Å². The number of aliphatic hydroxyl groups excluding tert-OH is 1. The molecule has 0 bridgehead atoms. The summed E-state index contributed by atoms with van der Waals surface area (Å²) in [6.45, 7) is 4.89. The van der Waals surface area contributed by atoms with Gasteiger partial charge >= 0.3 is 5.97 Å². The van der Waals surface area contributed by atoms with Crippen LogP contribution in [0.4, 0.5) is 0 Å². The van der Waals surface area contributed by atoms with Crippen LogP contribution in [-0.2, 0) is 4.79 Å². The van der Waals surface area contributed by atoms with Crippen LogP contribution in [0.15, 0.2) is 12.2 Å². The van der Waals surface area contributed by atoms with E-state index in [1.807, 2.05) is 6.92 Å². The monoisotopic (exact) mass is 188 g/mol. The third-order valence-electron chi connectivity index (χ3n) is 2.01. The highest BCUT2D eigenvalue weighted by atomic mass is 16.4. The van der Waals surface area contributed by atoms with Gasteiger partial charge in [0.15, 0.2) is 0 Å². The Balaban J connectivity index is 4.56. The minimum atomic E-state index is -1.46. The molecular weight excluding hydrogens is 172 g/mol. The molecular formula is C9H16O4. The van der Waals surface area contributed by atoms with E-state index in [0.29, 0.717) is 12.8 Å². The van der Waals surface area contributed by atoms with E-state index in [1.165, 1.54) is 0 Å². The summed E-state index contributed by atoms with van der Waals surface area (Å²) in [7, 11) is 0. The molecule has 0 aromatic rings. The first-order chi connectivity index (χ1) is 5.98. The van der Waals surface area contributed by atoms with Gasteiger partial charge in [-0.2, -0.15) is 0 Å². The van der Waals surface area contributed by atoms with Crippen molar-refractivity contribution in [1.29, 1.82) is 0 Å². The SMILES string of the molecule is C=C(C(=O)O)C(O)(CCC)CCO. The summed E-state index contributed by atoms with van der Waals surface area (Å²) in [5.74, 6) is -1.22. The summed E-state index contributed by atoms with van der Waals surface area (Å²) in [5, 5.41) is 27.1. The van der Waals surface area contributed by atoms with Gasteiger partial charge < -0.3 is 15.3 Å². The van der Waals surface area contributed by atoms with Gasteiger partial charge in [-0.05, 0) is 6.42 Å². The van der Waals surface area contributed by atoms with Crippen LogP contribution in [0.25, 0.3) is 0 Å². The molecule has 0 spiro atoms. The predicted octanol–water partition coefficient (Wildman–Crippen LogP) is 0.541. The number of hydrogen-bond donors (Lipinski definition) is 3. The first kappa shape index (κ1) is 12.1. The van der Waals surface area contributed by atoms with Crippen molar-refractivity contribution in [3.63, 3.8) is 0 Å². The fourth-order valence-electron chi connectivity index (χ4n) is 1.22. The standard InChI is InChI=1S/C9H16O4/c1-3-4-9(13,5-6-10)7(2)8(11)12/h10,13H,2-6H2,1H3,(H,11,12). The molecule has 0 saturated carbocycles. The molecule has 0 aromatic heterocycles. The lowest BCUT2D eigenvalue weighted by Gasteiger charge is -2.26. The molecule has 0 saturated heterocycles. The lowest BCUT2D eigenvalue weighted by Crippen LogP contribution is -2.35. The minimum absolute atomic E-state index is 0.0198. The van der Waals surface area contributed by atoms with Gasteiger partial charge in [0, 0.05) is 13.0 Å². The predicted molar refractivity (Wildman–Crippen MR) is 48.3 cm³/mol. The average molecular weight is 188 g/mol. The van der Waals surface area contributed by atoms with Crippen LogP contribution in [0.5, 0.6) is 0 Å². The molecule has 13 heavy (non-hydrogen) atoms. The third kappa shape index (κ3) is 3.16. The van der Waals surface area contributed by atoms with Gasteiger partial charge in [0.25, 0.3) is 0 Å². The summed E-state index contributed by atoms with van der Waals surface area (Å²) < 4.78 is 0. The van der Waals surface area contributed by atoms with Crippen LogP contribution in [-0.4, -0.2) is 33.5 Å². The molecule has 4 heteroatoms. The van der Waals surface area contributed by atoms with Crippen molar-refractivity contribution in [2.45, 2.75) is 31.8 Å². The summed E-state index contributed by atoms with van der Waals surface area (Å²) >= 11 is 0. The maximum Gasteiger partial charge on any atom is 0.333 e. The summed E-state index contributed by atoms with van der Waals surface area (Å²) in [4.78, 5) is 10.6. The minimum Gasteiger partial charge on any atom is -0.478 e. The van der Waals surface area contributed by atoms with E-state index in [4.69, 9.17) is 10.2 Å². The number of carbonyl (C=O) groups is 1. The Morgan fingerprint density at radius 1 is 1.46 bits per heavy atom. The van der Waals surface area contributed by atoms with Crippen LogP contribution in [0, 0.1) is 0 Å². The summed E-state index contributed by atoms with van der Waals surface area (Å²) in [6.07, 6.45) is 0.966. The largest absolute Gasteiger partial charge is 0.478 e. The van der Waals surface area contributed by atoms with Gasteiger partial charge in [-0.1, -0.05) is 19.9 Å². The van der Waals surface area contributed by atoms with E-state index >= 15 is 0 Å². The van der Waals surface area contributed by atoms with Crippen LogP contribution in [0.2, 0.25) is 0 Å². The summed E-state index contributed by atoms with van der Waals surface area (Å²) in [5.41, 5.74) is -1.71. The Kier molecular flexibility index (Phi) is 4.66. The van der Waals surface area contributed by atoms with Crippen molar-refractivity contribution in [1.82, 2.24) is 0 Å². The van der Waals surface area contributed by atoms with Gasteiger partial charge in [-0.15, -0.1) is 0 Å². The maximum absolute atomic E-state index is 10.6. The number of aliphatic carboxylic acids is 1. The van der Waals surface area contributed by atoms with Crippen molar-refractivity contribution in [3.8, 4) is 0 Å². The first-order valence-corrected chi connectivity index (χ1v) is 4.24. The normalized spacial score (nSPS) is 15.0. The molecule has 0 aliphatic heterocycles. The number of aliphatic hydroxyl groups is 2. The molecule has 0 aliphatic rings. The van der Waals surface area contributed by atoms with Crippen LogP contribution >= 0.6 is 0 Å². The van der Waals surface area contributed by atoms with Gasteiger partial charge in [0.05, 0.1) is 11.2 Å². The quantitative estimate of drug-likeness (QED) is 0.532. The molecule has 0 radical (unpaired) electrons. The summed E-state index contributed by atoms with van der Waals surface area (Å²) in [6, 6.07) is 0. The molecule has 76 valence electrons. The third-order valence-corrected chi connectivity index (χ3v) is 2.01. The van der Waals surface area contributed by atoms with Gasteiger partial charge in [0.1, 0.15) is 0 Å².